The fraction of sp³-hybridized carbons (Fsp3) is 0.500. The quantitative estimate of drug-likeness (QED) is 0.496. The molecule has 16 heavy (non-hydrogen) atoms. The summed E-state index contributed by atoms with van der Waals surface area (Å²) in [6.45, 7) is 3.68. The van der Waals surface area contributed by atoms with Crippen LogP contribution >= 0.6 is 0 Å². The third-order valence-corrected chi connectivity index (χ3v) is 3.04. The van der Waals surface area contributed by atoms with Gasteiger partial charge in [0.2, 0.25) is 0 Å². The van der Waals surface area contributed by atoms with Crippen molar-refractivity contribution in [3.63, 3.8) is 0 Å². The average molecular weight is 222 g/mol. The molecule has 0 amide bonds. The molecule has 2 rings (SSSR count). The molecule has 1 heterocycles. The van der Waals surface area contributed by atoms with Crippen molar-refractivity contribution in [2.75, 3.05) is 7.11 Å². The van der Waals surface area contributed by atoms with Gasteiger partial charge in [-0.3, -0.25) is 0 Å². The summed E-state index contributed by atoms with van der Waals surface area (Å²) in [7, 11) is 1.31. The number of carbonyl (C=O) groups excluding carboxylic acids is 2. The fourth-order valence-electron chi connectivity index (χ4n) is 2.22. The molecule has 1 aliphatic heterocycles. The molecule has 1 aliphatic carbocycles. The number of hydrogen-bond acceptors (Lipinski definition) is 4. The predicted octanol–water partition coefficient (Wildman–Crippen LogP) is 1.37. The molecular formula is C12H14O4. The van der Waals surface area contributed by atoms with E-state index >= 15 is 0 Å². The van der Waals surface area contributed by atoms with Crippen LogP contribution in [0.2, 0.25) is 0 Å². The van der Waals surface area contributed by atoms with Gasteiger partial charge in [0.15, 0.2) is 0 Å². The summed E-state index contributed by atoms with van der Waals surface area (Å²) in [4.78, 5) is 23.3. The van der Waals surface area contributed by atoms with Crippen LogP contribution in [-0.4, -0.2) is 24.6 Å². The van der Waals surface area contributed by atoms with Gasteiger partial charge in [-0.25, -0.2) is 9.59 Å². The Morgan fingerprint density at radius 1 is 1.56 bits per heavy atom. The molecule has 0 saturated carbocycles. The second-order valence-electron chi connectivity index (χ2n) is 4.49. The highest BCUT2D eigenvalue weighted by Crippen LogP contribution is 2.42. The van der Waals surface area contributed by atoms with Crippen LogP contribution in [0.1, 0.15) is 20.3 Å². The van der Waals surface area contributed by atoms with Crippen molar-refractivity contribution >= 4 is 11.9 Å². The Bertz CT molecular complexity index is 415. The molecule has 0 aromatic rings. The maximum atomic E-state index is 11.7. The van der Waals surface area contributed by atoms with Crippen molar-refractivity contribution in [3.05, 3.63) is 23.3 Å². The Kier molecular flexibility index (Phi) is 2.37. The van der Waals surface area contributed by atoms with Gasteiger partial charge in [-0.15, -0.1) is 0 Å². The highest BCUT2D eigenvalue weighted by Gasteiger charge is 2.47. The minimum absolute atomic E-state index is 0.150. The molecule has 1 saturated heterocycles. The Morgan fingerprint density at radius 2 is 2.25 bits per heavy atom. The van der Waals surface area contributed by atoms with E-state index in [2.05, 4.69) is 4.74 Å². The Morgan fingerprint density at radius 3 is 2.88 bits per heavy atom. The van der Waals surface area contributed by atoms with Gasteiger partial charge in [-0.2, -0.15) is 0 Å². The molecule has 0 spiro atoms. The summed E-state index contributed by atoms with van der Waals surface area (Å²) < 4.78 is 9.94. The molecule has 2 aliphatic rings. The summed E-state index contributed by atoms with van der Waals surface area (Å²) in [6, 6.07) is 0. The van der Waals surface area contributed by atoms with Crippen molar-refractivity contribution in [1.29, 1.82) is 0 Å². The number of carbonyl (C=O) groups is 2. The van der Waals surface area contributed by atoms with Crippen molar-refractivity contribution < 1.29 is 19.1 Å². The summed E-state index contributed by atoms with van der Waals surface area (Å²) in [6.07, 6.45) is 4.24. The molecule has 0 radical (unpaired) electrons. The fourth-order valence-corrected chi connectivity index (χ4v) is 2.22. The Balaban J connectivity index is 2.50. The number of hydrogen-bond donors (Lipinski definition) is 0. The van der Waals surface area contributed by atoms with Crippen LogP contribution in [0.15, 0.2) is 23.3 Å². The van der Waals surface area contributed by atoms with Gasteiger partial charge in [0.05, 0.1) is 18.3 Å². The smallest absolute Gasteiger partial charge is 0.335 e. The Hall–Kier alpha value is -1.58. The lowest BCUT2D eigenvalue weighted by Gasteiger charge is -2.24. The van der Waals surface area contributed by atoms with E-state index in [-0.39, 0.29) is 5.92 Å². The van der Waals surface area contributed by atoms with E-state index in [0.717, 1.165) is 0 Å². The SMILES string of the molecule is COC(=O)C1=C2C(=O)OC(C)(C)C2C=CC1. The minimum Gasteiger partial charge on any atom is -0.466 e. The first kappa shape index (κ1) is 10.9. The van der Waals surface area contributed by atoms with Crippen LogP contribution in [0, 0.1) is 5.92 Å². The molecule has 0 bridgehead atoms. The van der Waals surface area contributed by atoms with Crippen molar-refractivity contribution in [2.45, 2.75) is 25.9 Å². The second-order valence-corrected chi connectivity index (χ2v) is 4.49. The average Bonchev–Trinajstić information content (AvgIpc) is 2.48. The van der Waals surface area contributed by atoms with E-state index in [0.29, 0.717) is 17.6 Å². The number of esters is 2. The number of fused-ring (bicyclic) bond motifs is 1. The van der Waals surface area contributed by atoms with Crippen LogP contribution in [0.5, 0.6) is 0 Å². The third kappa shape index (κ3) is 1.45. The summed E-state index contributed by atoms with van der Waals surface area (Å²) in [5, 5.41) is 0. The van der Waals surface area contributed by atoms with Gasteiger partial charge in [-0.1, -0.05) is 12.2 Å². The number of allylic oxidation sites excluding steroid dienone is 1. The van der Waals surface area contributed by atoms with Gasteiger partial charge in [0.25, 0.3) is 0 Å². The molecule has 0 aromatic carbocycles. The van der Waals surface area contributed by atoms with Crippen molar-refractivity contribution in [1.82, 2.24) is 0 Å². The van der Waals surface area contributed by atoms with Gasteiger partial charge in [-0.05, 0) is 20.3 Å². The summed E-state index contributed by atoms with van der Waals surface area (Å²) in [5.74, 6) is -0.999. The molecule has 1 unspecified atom stereocenters. The lowest BCUT2D eigenvalue weighted by atomic mass is 9.81. The molecular weight excluding hydrogens is 208 g/mol. The van der Waals surface area contributed by atoms with Crippen LogP contribution < -0.4 is 0 Å². The first-order valence-electron chi connectivity index (χ1n) is 5.18. The zero-order chi connectivity index (χ0) is 11.9. The van der Waals surface area contributed by atoms with E-state index in [1.807, 2.05) is 26.0 Å². The maximum Gasteiger partial charge on any atom is 0.335 e. The molecule has 4 nitrogen and oxygen atoms in total. The van der Waals surface area contributed by atoms with Gasteiger partial charge < -0.3 is 9.47 Å². The normalized spacial score (nSPS) is 26.4. The number of rotatable bonds is 1. The number of cyclic esters (lactones) is 1. The van der Waals surface area contributed by atoms with E-state index in [1.165, 1.54) is 7.11 Å². The van der Waals surface area contributed by atoms with Crippen LogP contribution in [0.25, 0.3) is 0 Å². The summed E-state index contributed by atoms with van der Waals surface area (Å²) >= 11 is 0. The molecule has 1 fully saturated rings. The van der Waals surface area contributed by atoms with Crippen molar-refractivity contribution in [2.24, 2.45) is 5.92 Å². The maximum absolute atomic E-state index is 11.7. The zero-order valence-electron chi connectivity index (χ0n) is 9.57. The van der Waals surface area contributed by atoms with Crippen LogP contribution in [0.4, 0.5) is 0 Å². The number of ether oxygens (including phenoxy) is 2. The van der Waals surface area contributed by atoms with E-state index < -0.39 is 17.5 Å². The highest BCUT2D eigenvalue weighted by atomic mass is 16.6. The second kappa shape index (κ2) is 3.47. The zero-order valence-corrected chi connectivity index (χ0v) is 9.57. The van der Waals surface area contributed by atoms with E-state index in [4.69, 9.17) is 4.74 Å². The predicted molar refractivity (Wildman–Crippen MR) is 56.5 cm³/mol. The Labute approximate surface area is 93.9 Å². The molecule has 0 N–H and O–H groups in total. The standard InChI is InChI=1S/C12H14O4/c1-12(2)8-6-4-5-7(10(13)15-3)9(8)11(14)16-12/h4,6,8H,5H2,1-3H3. The van der Waals surface area contributed by atoms with Gasteiger partial charge >= 0.3 is 11.9 Å². The van der Waals surface area contributed by atoms with Crippen molar-refractivity contribution in [3.8, 4) is 0 Å². The minimum atomic E-state index is -0.581. The monoisotopic (exact) mass is 222 g/mol. The van der Waals surface area contributed by atoms with Crippen LogP contribution in [-0.2, 0) is 19.1 Å². The highest BCUT2D eigenvalue weighted by molar-refractivity contribution is 6.03. The van der Waals surface area contributed by atoms with E-state index in [1.54, 1.807) is 0 Å². The molecule has 4 heteroatoms. The molecule has 86 valence electrons. The lowest BCUT2D eigenvalue weighted by molar-refractivity contribution is -0.145. The van der Waals surface area contributed by atoms with E-state index in [9.17, 15) is 9.59 Å². The largest absolute Gasteiger partial charge is 0.466 e. The first-order chi connectivity index (χ1) is 7.47. The third-order valence-electron chi connectivity index (χ3n) is 3.04. The van der Waals surface area contributed by atoms with Gasteiger partial charge in [0.1, 0.15) is 5.60 Å². The molecule has 1 atom stereocenters. The van der Waals surface area contributed by atoms with Crippen LogP contribution in [0.3, 0.4) is 0 Å². The topological polar surface area (TPSA) is 52.6 Å². The van der Waals surface area contributed by atoms with Gasteiger partial charge in [0, 0.05) is 5.92 Å². The lowest BCUT2D eigenvalue weighted by Crippen LogP contribution is -2.28. The molecule has 0 aromatic heterocycles. The number of methoxy groups -OCH3 is 1. The summed E-state index contributed by atoms with van der Waals surface area (Å²) in [5.41, 5.74) is 0.299. The first-order valence-corrected chi connectivity index (χ1v) is 5.18.